The minimum Gasteiger partial charge on any atom is -0.343 e. The number of hydrogen-bond donors (Lipinski definition) is 0. The van der Waals surface area contributed by atoms with Crippen LogP contribution in [-0.4, -0.2) is 34.0 Å². The molecular weight excluding hydrogens is 314 g/mol. The van der Waals surface area contributed by atoms with Gasteiger partial charge in [-0.05, 0) is 30.9 Å². The number of nitrogens with zero attached hydrogens (tertiary/aromatic N) is 3. The molecule has 0 aliphatic carbocycles. The van der Waals surface area contributed by atoms with Crippen LogP contribution in [0.2, 0.25) is 5.02 Å². The zero-order chi connectivity index (χ0) is 16.2. The van der Waals surface area contributed by atoms with Crippen molar-refractivity contribution in [1.82, 2.24) is 15.0 Å². The molecule has 0 N–H and O–H groups in total. The van der Waals surface area contributed by atoms with E-state index in [1.807, 2.05) is 17.0 Å². The normalized spacial score (nSPS) is 15.8. The molecule has 2 aromatic rings. The monoisotopic (exact) mass is 333 g/mol. The van der Waals surface area contributed by atoms with E-state index in [1.165, 1.54) is 0 Å². The first-order valence-electron chi connectivity index (χ1n) is 7.98. The Morgan fingerprint density at radius 3 is 2.91 bits per heavy atom. The Morgan fingerprint density at radius 1 is 1.39 bits per heavy atom. The number of hydrogen-bond acceptors (Lipinski definition) is 4. The standard InChI is InChI=1S/C17H20ClN3O2/c1-12-7-9-21(10-8-12)16(22)6-5-15-19-17(20-23-15)13-3-2-4-14(18)11-13/h2-4,11-12H,5-10H2,1H3. The van der Waals surface area contributed by atoms with Gasteiger partial charge in [-0.25, -0.2) is 0 Å². The lowest BCUT2D eigenvalue weighted by atomic mass is 9.99. The molecule has 0 saturated carbocycles. The predicted octanol–water partition coefficient (Wildman–Crippen LogP) is 3.58. The average molecular weight is 334 g/mol. The van der Waals surface area contributed by atoms with Gasteiger partial charge in [0.05, 0.1) is 0 Å². The fourth-order valence-corrected chi connectivity index (χ4v) is 2.92. The summed E-state index contributed by atoms with van der Waals surface area (Å²) in [6.07, 6.45) is 3.06. The first-order chi connectivity index (χ1) is 11.1. The average Bonchev–Trinajstić information content (AvgIpc) is 3.02. The topological polar surface area (TPSA) is 59.2 Å². The number of likely N-dealkylation sites (tertiary alicyclic amines) is 1. The van der Waals surface area contributed by atoms with Crippen molar-refractivity contribution in [3.05, 3.63) is 35.2 Å². The molecule has 0 spiro atoms. The van der Waals surface area contributed by atoms with Crippen LogP contribution in [-0.2, 0) is 11.2 Å². The molecular formula is C17H20ClN3O2. The number of rotatable bonds is 4. The van der Waals surface area contributed by atoms with Crippen LogP contribution < -0.4 is 0 Å². The van der Waals surface area contributed by atoms with Gasteiger partial charge in [-0.1, -0.05) is 35.8 Å². The molecule has 6 heteroatoms. The van der Waals surface area contributed by atoms with E-state index in [0.717, 1.165) is 37.4 Å². The number of aryl methyl sites for hydroxylation is 1. The van der Waals surface area contributed by atoms with Crippen LogP contribution in [0.5, 0.6) is 0 Å². The summed E-state index contributed by atoms with van der Waals surface area (Å²) in [5.74, 6) is 1.87. The highest BCUT2D eigenvalue weighted by Gasteiger charge is 2.20. The minimum absolute atomic E-state index is 0.166. The lowest BCUT2D eigenvalue weighted by Gasteiger charge is -2.30. The van der Waals surface area contributed by atoms with Gasteiger partial charge in [0, 0.05) is 36.5 Å². The molecule has 0 radical (unpaired) electrons. The fourth-order valence-electron chi connectivity index (χ4n) is 2.73. The van der Waals surface area contributed by atoms with Crippen LogP contribution in [0.15, 0.2) is 28.8 Å². The number of carbonyl (C=O) groups excluding carboxylic acids is 1. The highest BCUT2D eigenvalue weighted by molar-refractivity contribution is 6.30. The fraction of sp³-hybridized carbons (Fsp3) is 0.471. The third kappa shape index (κ3) is 4.10. The Labute approximate surface area is 140 Å². The summed E-state index contributed by atoms with van der Waals surface area (Å²) in [5, 5.41) is 4.59. The predicted molar refractivity (Wildman–Crippen MR) is 88.0 cm³/mol. The molecule has 1 aromatic heterocycles. The van der Waals surface area contributed by atoms with E-state index in [-0.39, 0.29) is 5.91 Å². The van der Waals surface area contributed by atoms with Crippen LogP contribution in [0.4, 0.5) is 0 Å². The summed E-state index contributed by atoms with van der Waals surface area (Å²) in [6.45, 7) is 3.95. The third-order valence-electron chi connectivity index (χ3n) is 4.24. The van der Waals surface area contributed by atoms with Gasteiger partial charge in [0.25, 0.3) is 0 Å². The van der Waals surface area contributed by atoms with Gasteiger partial charge in [0.1, 0.15) is 0 Å². The number of benzene rings is 1. The minimum atomic E-state index is 0.166. The molecule has 2 heterocycles. The van der Waals surface area contributed by atoms with E-state index >= 15 is 0 Å². The van der Waals surface area contributed by atoms with E-state index < -0.39 is 0 Å². The summed E-state index contributed by atoms with van der Waals surface area (Å²) in [7, 11) is 0. The van der Waals surface area contributed by atoms with E-state index in [1.54, 1.807) is 12.1 Å². The van der Waals surface area contributed by atoms with E-state index in [2.05, 4.69) is 17.1 Å². The SMILES string of the molecule is CC1CCN(C(=O)CCc2nc(-c3cccc(Cl)c3)no2)CC1. The van der Waals surface area contributed by atoms with Crippen molar-refractivity contribution < 1.29 is 9.32 Å². The Kier molecular flexibility index (Phi) is 4.96. The Hall–Kier alpha value is -1.88. The first kappa shape index (κ1) is 16.0. The summed E-state index contributed by atoms with van der Waals surface area (Å²) in [6, 6.07) is 7.30. The molecule has 0 atom stereocenters. The molecule has 23 heavy (non-hydrogen) atoms. The van der Waals surface area contributed by atoms with Gasteiger partial charge in [-0.15, -0.1) is 0 Å². The second-order valence-corrected chi connectivity index (χ2v) is 6.52. The summed E-state index contributed by atoms with van der Waals surface area (Å²) < 4.78 is 5.24. The largest absolute Gasteiger partial charge is 0.343 e. The Morgan fingerprint density at radius 2 is 2.17 bits per heavy atom. The smallest absolute Gasteiger partial charge is 0.227 e. The maximum Gasteiger partial charge on any atom is 0.227 e. The van der Waals surface area contributed by atoms with E-state index in [0.29, 0.717) is 29.6 Å². The number of amides is 1. The summed E-state index contributed by atoms with van der Waals surface area (Å²) >= 11 is 5.96. The zero-order valence-corrected chi connectivity index (χ0v) is 13.9. The second-order valence-electron chi connectivity index (χ2n) is 6.09. The molecule has 0 unspecified atom stereocenters. The van der Waals surface area contributed by atoms with Crippen molar-refractivity contribution in [1.29, 1.82) is 0 Å². The summed E-state index contributed by atoms with van der Waals surface area (Å²) in [5.41, 5.74) is 0.809. The lowest BCUT2D eigenvalue weighted by Crippen LogP contribution is -2.38. The van der Waals surface area contributed by atoms with Crippen LogP contribution in [0.1, 0.15) is 32.1 Å². The van der Waals surface area contributed by atoms with Gasteiger partial charge >= 0.3 is 0 Å². The second kappa shape index (κ2) is 7.13. The molecule has 0 bridgehead atoms. The van der Waals surface area contributed by atoms with Gasteiger partial charge in [-0.2, -0.15) is 4.98 Å². The van der Waals surface area contributed by atoms with Crippen molar-refractivity contribution in [2.45, 2.75) is 32.6 Å². The number of halogens is 1. The number of aromatic nitrogens is 2. The summed E-state index contributed by atoms with van der Waals surface area (Å²) in [4.78, 5) is 18.5. The number of piperidine rings is 1. The van der Waals surface area contributed by atoms with Crippen molar-refractivity contribution in [3.8, 4) is 11.4 Å². The van der Waals surface area contributed by atoms with Gasteiger partial charge in [0.15, 0.2) is 0 Å². The van der Waals surface area contributed by atoms with Crippen LogP contribution in [0.3, 0.4) is 0 Å². The maximum absolute atomic E-state index is 12.2. The quantitative estimate of drug-likeness (QED) is 0.858. The van der Waals surface area contributed by atoms with Gasteiger partial charge < -0.3 is 9.42 Å². The Balaban J connectivity index is 1.56. The zero-order valence-electron chi connectivity index (χ0n) is 13.2. The lowest BCUT2D eigenvalue weighted by molar-refractivity contribution is -0.132. The molecule has 1 aliphatic heterocycles. The highest BCUT2D eigenvalue weighted by Crippen LogP contribution is 2.21. The van der Waals surface area contributed by atoms with Crippen molar-refractivity contribution in [2.75, 3.05) is 13.1 Å². The van der Waals surface area contributed by atoms with Crippen LogP contribution in [0, 0.1) is 5.92 Å². The molecule has 1 fully saturated rings. The molecule has 122 valence electrons. The Bertz CT molecular complexity index is 678. The third-order valence-corrected chi connectivity index (χ3v) is 4.48. The molecule has 1 saturated heterocycles. The molecule has 5 nitrogen and oxygen atoms in total. The molecule has 1 aliphatic rings. The van der Waals surface area contributed by atoms with Crippen molar-refractivity contribution >= 4 is 17.5 Å². The van der Waals surface area contributed by atoms with Crippen molar-refractivity contribution in [3.63, 3.8) is 0 Å². The molecule has 3 rings (SSSR count). The van der Waals surface area contributed by atoms with E-state index in [4.69, 9.17) is 16.1 Å². The number of carbonyl (C=O) groups is 1. The van der Waals surface area contributed by atoms with Crippen molar-refractivity contribution in [2.24, 2.45) is 5.92 Å². The van der Waals surface area contributed by atoms with Gasteiger partial charge in [-0.3, -0.25) is 4.79 Å². The van der Waals surface area contributed by atoms with E-state index in [9.17, 15) is 4.79 Å². The van der Waals surface area contributed by atoms with Crippen LogP contribution in [0.25, 0.3) is 11.4 Å². The molecule has 1 aromatic carbocycles. The molecule has 1 amide bonds. The highest BCUT2D eigenvalue weighted by atomic mass is 35.5. The first-order valence-corrected chi connectivity index (χ1v) is 8.36. The maximum atomic E-state index is 12.2. The van der Waals surface area contributed by atoms with Crippen LogP contribution >= 0.6 is 11.6 Å². The van der Waals surface area contributed by atoms with Gasteiger partial charge in [0.2, 0.25) is 17.6 Å².